The number of oxazole rings is 1. The molecule has 1 aromatic carbocycles. The number of cyclic esters (lactones) is 1. The van der Waals surface area contributed by atoms with Crippen molar-refractivity contribution in [2.75, 3.05) is 18.6 Å². The molecule has 140 valence electrons. The van der Waals surface area contributed by atoms with Crippen LogP contribution in [0.2, 0.25) is 0 Å². The van der Waals surface area contributed by atoms with Crippen molar-refractivity contribution < 1.29 is 28.0 Å². The molecule has 3 rings (SSSR count). The molecule has 0 bridgehead atoms. The highest BCUT2D eigenvalue weighted by molar-refractivity contribution is 5.96. The van der Waals surface area contributed by atoms with Gasteiger partial charge in [-0.05, 0) is 25.9 Å². The Labute approximate surface area is 147 Å². The molecule has 0 saturated carbocycles. The Balaban J connectivity index is 2.17. The van der Waals surface area contributed by atoms with Gasteiger partial charge in [0.25, 0.3) is 5.91 Å². The summed E-state index contributed by atoms with van der Waals surface area (Å²) < 4.78 is 26.9. The van der Waals surface area contributed by atoms with Crippen LogP contribution in [-0.2, 0) is 19.9 Å². The molecule has 2 heterocycles. The highest BCUT2D eigenvalue weighted by Gasteiger charge is 2.36. The van der Waals surface area contributed by atoms with E-state index in [1.807, 2.05) is 20.8 Å². The molecule has 2 amide bonds. The molecule has 0 unspecified atom stereocenters. The first-order valence-corrected chi connectivity index (χ1v) is 7.83. The normalized spacial score (nSPS) is 18.5. The van der Waals surface area contributed by atoms with Gasteiger partial charge in [0.2, 0.25) is 0 Å². The van der Waals surface area contributed by atoms with Crippen LogP contribution in [0.5, 0.6) is 0 Å². The van der Waals surface area contributed by atoms with Crippen molar-refractivity contribution in [2.24, 2.45) is 10.9 Å². The van der Waals surface area contributed by atoms with Gasteiger partial charge in [0.1, 0.15) is 12.6 Å². The minimum absolute atomic E-state index is 0.0741. The molecule has 0 radical (unpaired) electrons. The average molecular weight is 366 g/mol. The van der Waals surface area contributed by atoms with Gasteiger partial charge in [-0.2, -0.15) is 0 Å². The molecule has 1 aromatic heterocycles. The first kappa shape index (κ1) is 17.8. The number of hydrogen-bond donors (Lipinski definition) is 1. The van der Waals surface area contributed by atoms with Gasteiger partial charge < -0.3 is 19.7 Å². The molecular formula is C16H19FN4O5. The predicted molar refractivity (Wildman–Crippen MR) is 88.5 cm³/mol. The number of amides is 2. The van der Waals surface area contributed by atoms with E-state index >= 15 is 0 Å². The molecule has 2 aromatic rings. The smallest absolute Gasteiger partial charge is 0.415 e. The van der Waals surface area contributed by atoms with Crippen molar-refractivity contribution in [1.82, 2.24) is 4.57 Å². The van der Waals surface area contributed by atoms with Crippen LogP contribution in [0.15, 0.2) is 21.7 Å². The van der Waals surface area contributed by atoms with E-state index in [1.54, 1.807) is 4.57 Å². The van der Waals surface area contributed by atoms with Crippen LogP contribution in [0.25, 0.3) is 11.1 Å². The number of nitrogens with two attached hydrogens (primary N) is 1. The quantitative estimate of drug-likeness (QED) is 0.825. The summed E-state index contributed by atoms with van der Waals surface area (Å²) in [5.41, 5.74) is 5.21. The third kappa shape index (κ3) is 2.87. The summed E-state index contributed by atoms with van der Waals surface area (Å²) in [5.74, 6) is -1.39. The summed E-state index contributed by atoms with van der Waals surface area (Å²) in [4.78, 5) is 29.1. The molecule has 1 aliphatic heterocycles. The van der Waals surface area contributed by atoms with Gasteiger partial charge >= 0.3 is 11.8 Å². The van der Waals surface area contributed by atoms with Gasteiger partial charge in [0.15, 0.2) is 17.5 Å². The van der Waals surface area contributed by atoms with Gasteiger partial charge in [0, 0.05) is 17.7 Å². The second-order valence-electron chi connectivity index (χ2n) is 6.82. The van der Waals surface area contributed by atoms with Crippen LogP contribution >= 0.6 is 0 Å². The Morgan fingerprint density at radius 2 is 2.12 bits per heavy atom. The number of primary amides is 1. The zero-order valence-electron chi connectivity index (χ0n) is 14.8. The number of hydrogen-bond acceptors (Lipinski definition) is 6. The number of carbonyl (C=O) groups excluding carboxylic acids is 2. The molecule has 26 heavy (non-hydrogen) atoms. The number of benzene rings is 1. The third-order valence-corrected chi connectivity index (χ3v) is 3.91. The maximum Gasteiger partial charge on any atom is 0.415 e. The lowest BCUT2D eigenvalue weighted by molar-refractivity contribution is -0.124. The van der Waals surface area contributed by atoms with E-state index < -0.39 is 29.5 Å². The Morgan fingerprint density at radius 3 is 2.65 bits per heavy atom. The zero-order chi connectivity index (χ0) is 19.2. The largest absolute Gasteiger partial charge is 0.434 e. The number of carbonyl (C=O) groups is 2. The number of rotatable bonds is 3. The second kappa shape index (κ2) is 6.04. The minimum atomic E-state index is -1.09. The Kier molecular flexibility index (Phi) is 4.13. The number of anilines is 1. The fraction of sp³-hybridized carbons (Fsp3) is 0.438. The van der Waals surface area contributed by atoms with Gasteiger partial charge in [0.05, 0.1) is 12.2 Å². The third-order valence-electron chi connectivity index (χ3n) is 3.91. The van der Waals surface area contributed by atoms with Crippen LogP contribution < -0.4 is 16.3 Å². The average Bonchev–Trinajstić information content (AvgIpc) is 3.08. The monoisotopic (exact) mass is 366 g/mol. The fourth-order valence-electron chi connectivity index (χ4n) is 2.83. The van der Waals surface area contributed by atoms with Crippen LogP contribution in [0.4, 0.5) is 14.9 Å². The molecule has 1 fully saturated rings. The molecule has 1 atom stereocenters. The standard InChI is InChI=1S/C16H19FN4O5/c1-16(2,3)21-12-9(17)5-8(6-10(12)25-14(21)19-24-4)20-7-11(13(18)22)26-15(20)23/h5-6,11H,7H2,1-4H3,(H2,18,22)/b19-14+/t11-/m1/s1. The van der Waals surface area contributed by atoms with Crippen molar-refractivity contribution in [1.29, 1.82) is 0 Å². The van der Waals surface area contributed by atoms with Gasteiger partial charge in [-0.1, -0.05) is 0 Å². The van der Waals surface area contributed by atoms with Crippen molar-refractivity contribution in [3.8, 4) is 0 Å². The number of halogens is 1. The second-order valence-corrected chi connectivity index (χ2v) is 6.82. The van der Waals surface area contributed by atoms with Crippen LogP contribution in [0.3, 0.4) is 0 Å². The molecule has 2 N–H and O–H groups in total. The summed E-state index contributed by atoms with van der Waals surface area (Å²) in [6, 6.07) is 2.64. The first-order valence-electron chi connectivity index (χ1n) is 7.83. The van der Waals surface area contributed by atoms with Crippen molar-refractivity contribution in [3.63, 3.8) is 0 Å². The van der Waals surface area contributed by atoms with Gasteiger partial charge in [-0.3, -0.25) is 14.3 Å². The number of aromatic nitrogens is 1. The first-order chi connectivity index (χ1) is 12.1. The number of nitrogens with zero attached hydrogens (tertiary/aromatic N) is 3. The van der Waals surface area contributed by atoms with E-state index in [0.717, 1.165) is 4.90 Å². The minimum Gasteiger partial charge on any atom is -0.434 e. The topological polar surface area (TPSA) is 112 Å². The van der Waals surface area contributed by atoms with Crippen LogP contribution in [-0.4, -0.2) is 36.3 Å². The van der Waals surface area contributed by atoms with E-state index in [2.05, 4.69) is 5.16 Å². The van der Waals surface area contributed by atoms with Crippen molar-refractivity contribution >= 4 is 28.8 Å². The summed E-state index contributed by atoms with van der Waals surface area (Å²) in [5, 5.41) is 3.79. The molecule has 0 spiro atoms. The van der Waals surface area contributed by atoms with E-state index in [0.29, 0.717) is 0 Å². The SMILES string of the molecule is CO/N=c1/oc2cc(N3C[C@H](C(N)=O)OC3=O)cc(F)c2n1C(C)(C)C. The Hall–Kier alpha value is -3.04. The summed E-state index contributed by atoms with van der Waals surface area (Å²) in [7, 11) is 1.35. The molecule has 9 nitrogen and oxygen atoms in total. The van der Waals surface area contributed by atoms with E-state index in [9.17, 15) is 14.0 Å². The Bertz CT molecular complexity index is 956. The molecule has 0 aliphatic carbocycles. The summed E-state index contributed by atoms with van der Waals surface area (Å²) >= 11 is 0. The summed E-state index contributed by atoms with van der Waals surface area (Å²) in [6.45, 7) is 5.48. The zero-order valence-corrected chi connectivity index (χ0v) is 14.8. The van der Waals surface area contributed by atoms with E-state index in [4.69, 9.17) is 19.7 Å². The molecule has 10 heteroatoms. The summed E-state index contributed by atoms with van der Waals surface area (Å²) in [6.07, 6.45) is -1.87. The molecular weight excluding hydrogens is 347 g/mol. The van der Waals surface area contributed by atoms with Crippen molar-refractivity contribution in [2.45, 2.75) is 32.4 Å². The van der Waals surface area contributed by atoms with Gasteiger partial charge in [-0.15, -0.1) is 0 Å². The number of fused-ring (bicyclic) bond motifs is 1. The Morgan fingerprint density at radius 1 is 1.42 bits per heavy atom. The maximum absolute atomic E-state index is 14.9. The van der Waals surface area contributed by atoms with Gasteiger partial charge in [-0.25, -0.2) is 9.18 Å². The van der Waals surface area contributed by atoms with E-state index in [1.165, 1.54) is 19.2 Å². The molecule has 1 saturated heterocycles. The van der Waals surface area contributed by atoms with Crippen LogP contribution in [0, 0.1) is 5.82 Å². The lowest BCUT2D eigenvalue weighted by Crippen LogP contribution is -2.32. The highest BCUT2D eigenvalue weighted by Crippen LogP contribution is 2.30. The van der Waals surface area contributed by atoms with E-state index in [-0.39, 0.29) is 29.0 Å². The maximum atomic E-state index is 14.9. The van der Waals surface area contributed by atoms with Crippen LogP contribution in [0.1, 0.15) is 20.8 Å². The lowest BCUT2D eigenvalue weighted by atomic mass is 10.1. The lowest BCUT2D eigenvalue weighted by Gasteiger charge is -2.21. The number of ether oxygens (including phenoxy) is 1. The highest BCUT2D eigenvalue weighted by atomic mass is 19.1. The molecule has 1 aliphatic rings. The predicted octanol–water partition coefficient (Wildman–Crippen LogP) is 1.40. The van der Waals surface area contributed by atoms with Crippen molar-refractivity contribution in [3.05, 3.63) is 23.6 Å². The fourth-order valence-corrected chi connectivity index (χ4v) is 2.83.